The minimum absolute atomic E-state index is 0.132. The van der Waals surface area contributed by atoms with Gasteiger partial charge >= 0.3 is 0 Å². The van der Waals surface area contributed by atoms with E-state index in [-0.39, 0.29) is 10.6 Å². The van der Waals surface area contributed by atoms with Crippen molar-refractivity contribution in [1.82, 2.24) is 4.72 Å². The van der Waals surface area contributed by atoms with Crippen LogP contribution in [0.3, 0.4) is 0 Å². The van der Waals surface area contributed by atoms with Gasteiger partial charge in [0.15, 0.2) is 0 Å². The zero-order valence-electron chi connectivity index (χ0n) is 14.7. The number of nitrogens with one attached hydrogen (secondary N) is 1. The Kier molecular flexibility index (Phi) is 6.84. The van der Waals surface area contributed by atoms with Crippen LogP contribution in [0.2, 0.25) is 0 Å². The maximum absolute atomic E-state index is 12.4. The molecular formula is C16H26N2O5S2. The average molecular weight is 391 g/mol. The van der Waals surface area contributed by atoms with Crippen LogP contribution in [0.25, 0.3) is 0 Å². The Morgan fingerprint density at radius 1 is 1.28 bits per heavy atom. The maximum Gasteiger partial charge on any atom is 0.240 e. The molecule has 0 unspecified atom stereocenters. The van der Waals surface area contributed by atoms with Crippen LogP contribution in [0.4, 0.5) is 5.69 Å². The van der Waals surface area contributed by atoms with Gasteiger partial charge in [-0.05, 0) is 56.9 Å². The van der Waals surface area contributed by atoms with E-state index in [2.05, 4.69) is 4.72 Å². The van der Waals surface area contributed by atoms with Crippen molar-refractivity contribution in [1.29, 1.82) is 0 Å². The highest BCUT2D eigenvalue weighted by Crippen LogP contribution is 2.27. The lowest BCUT2D eigenvalue weighted by Crippen LogP contribution is -2.38. The first-order valence-electron chi connectivity index (χ1n) is 8.46. The minimum Gasteiger partial charge on any atom is -0.382 e. The number of nitrogens with zero attached hydrogens (tertiary/aromatic N) is 1. The summed E-state index contributed by atoms with van der Waals surface area (Å²) < 4.78 is 58.3. The topological polar surface area (TPSA) is 92.8 Å². The van der Waals surface area contributed by atoms with E-state index in [1.807, 2.05) is 6.92 Å². The summed E-state index contributed by atoms with van der Waals surface area (Å²) >= 11 is 0. The van der Waals surface area contributed by atoms with E-state index < -0.39 is 20.0 Å². The molecule has 1 aliphatic rings. The standard InChI is InChI=1S/C16H26N2O5S2/c1-3-23-11-6-9-17-25(21,22)16-8-7-15(13-14(16)2)18-10-4-5-12-24(18,19)20/h7-8,13,17H,3-6,9-12H2,1-2H3. The van der Waals surface area contributed by atoms with Gasteiger partial charge in [0.25, 0.3) is 0 Å². The molecule has 1 N–H and O–H groups in total. The molecule has 1 aliphatic heterocycles. The van der Waals surface area contributed by atoms with E-state index in [1.54, 1.807) is 19.1 Å². The molecule has 142 valence electrons. The normalized spacial score (nSPS) is 17.6. The van der Waals surface area contributed by atoms with E-state index in [0.717, 1.165) is 6.42 Å². The molecule has 1 aromatic carbocycles. The molecule has 0 atom stereocenters. The van der Waals surface area contributed by atoms with Gasteiger partial charge in [0.2, 0.25) is 20.0 Å². The lowest BCUT2D eigenvalue weighted by Gasteiger charge is -2.28. The van der Waals surface area contributed by atoms with E-state index in [1.165, 1.54) is 10.4 Å². The Labute approximate surface area is 150 Å². The van der Waals surface area contributed by atoms with E-state index in [4.69, 9.17) is 4.74 Å². The molecule has 1 aromatic rings. The Balaban J connectivity index is 2.13. The molecule has 0 radical (unpaired) electrons. The first-order chi connectivity index (χ1) is 11.8. The number of hydrogen-bond acceptors (Lipinski definition) is 5. The fraction of sp³-hybridized carbons (Fsp3) is 0.625. The van der Waals surface area contributed by atoms with Gasteiger partial charge in [-0.15, -0.1) is 0 Å². The second-order valence-electron chi connectivity index (χ2n) is 5.99. The van der Waals surface area contributed by atoms with Gasteiger partial charge in [-0.1, -0.05) is 0 Å². The second-order valence-corrected chi connectivity index (χ2v) is 9.74. The van der Waals surface area contributed by atoms with Gasteiger partial charge in [-0.3, -0.25) is 4.31 Å². The van der Waals surface area contributed by atoms with Crippen LogP contribution in [-0.4, -0.2) is 48.9 Å². The minimum atomic E-state index is -3.63. The van der Waals surface area contributed by atoms with E-state index in [9.17, 15) is 16.8 Å². The fourth-order valence-electron chi connectivity index (χ4n) is 2.77. The van der Waals surface area contributed by atoms with Crippen LogP contribution in [0.1, 0.15) is 31.7 Å². The zero-order valence-corrected chi connectivity index (χ0v) is 16.3. The summed E-state index contributed by atoms with van der Waals surface area (Å²) in [6.07, 6.45) is 2.06. The molecule has 1 heterocycles. The van der Waals surface area contributed by atoms with Gasteiger partial charge < -0.3 is 4.74 Å². The van der Waals surface area contributed by atoms with E-state index >= 15 is 0 Å². The van der Waals surface area contributed by atoms with Crippen molar-refractivity contribution in [3.63, 3.8) is 0 Å². The Morgan fingerprint density at radius 3 is 2.68 bits per heavy atom. The lowest BCUT2D eigenvalue weighted by molar-refractivity contribution is 0.146. The molecule has 25 heavy (non-hydrogen) atoms. The van der Waals surface area contributed by atoms with Crippen molar-refractivity contribution >= 4 is 25.7 Å². The van der Waals surface area contributed by atoms with Crippen molar-refractivity contribution in [2.75, 3.05) is 36.4 Å². The first-order valence-corrected chi connectivity index (χ1v) is 11.6. The van der Waals surface area contributed by atoms with Crippen molar-refractivity contribution in [3.05, 3.63) is 23.8 Å². The second kappa shape index (κ2) is 8.48. The summed E-state index contributed by atoms with van der Waals surface area (Å²) in [5.41, 5.74) is 1.04. The number of benzene rings is 1. The van der Waals surface area contributed by atoms with Crippen LogP contribution >= 0.6 is 0 Å². The molecule has 0 aliphatic carbocycles. The highest BCUT2D eigenvalue weighted by Gasteiger charge is 2.27. The molecule has 0 saturated carbocycles. The molecule has 0 aromatic heterocycles. The molecule has 1 fully saturated rings. The van der Waals surface area contributed by atoms with Crippen LogP contribution < -0.4 is 9.03 Å². The molecule has 7 nitrogen and oxygen atoms in total. The Hall–Kier alpha value is -1.16. The van der Waals surface area contributed by atoms with Crippen molar-refractivity contribution in [3.8, 4) is 0 Å². The molecule has 0 amide bonds. The third-order valence-electron chi connectivity index (χ3n) is 4.05. The van der Waals surface area contributed by atoms with Gasteiger partial charge in [0.05, 0.1) is 16.3 Å². The summed E-state index contributed by atoms with van der Waals surface area (Å²) in [5.74, 6) is 0.132. The Bertz CT molecular complexity index is 791. The lowest BCUT2D eigenvalue weighted by atomic mass is 10.2. The maximum atomic E-state index is 12.4. The Morgan fingerprint density at radius 2 is 2.04 bits per heavy atom. The summed E-state index contributed by atoms with van der Waals surface area (Å²) in [4.78, 5) is 0.169. The third-order valence-corrected chi connectivity index (χ3v) is 7.54. The van der Waals surface area contributed by atoms with Crippen molar-refractivity contribution in [2.45, 2.75) is 38.0 Å². The summed E-state index contributed by atoms with van der Waals surface area (Å²) in [7, 11) is -6.94. The van der Waals surface area contributed by atoms with Crippen molar-refractivity contribution in [2.24, 2.45) is 0 Å². The predicted molar refractivity (Wildman–Crippen MR) is 97.8 cm³/mol. The number of hydrogen-bond donors (Lipinski definition) is 1. The largest absolute Gasteiger partial charge is 0.382 e. The molecule has 0 spiro atoms. The highest BCUT2D eigenvalue weighted by atomic mass is 32.2. The quantitative estimate of drug-likeness (QED) is 0.681. The van der Waals surface area contributed by atoms with Crippen molar-refractivity contribution < 1.29 is 21.6 Å². The van der Waals surface area contributed by atoms with Crippen LogP contribution in [0, 0.1) is 6.92 Å². The smallest absolute Gasteiger partial charge is 0.240 e. The fourth-order valence-corrected chi connectivity index (χ4v) is 5.70. The summed E-state index contributed by atoms with van der Waals surface area (Å²) in [6, 6.07) is 4.65. The van der Waals surface area contributed by atoms with Gasteiger partial charge in [0.1, 0.15) is 0 Å². The number of rotatable bonds is 8. The zero-order chi connectivity index (χ0) is 18.5. The summed E-state index contributed by atoms with van der Waals surface area (Å²) in [5, 5.41) is 0. The third kappa shape index (κ3) is 5.16. The molecule has 1 saturated heterocycles. The molecule has 0 bridgehead atoms. The molecule has 9 heteroatoms. The number of sulfonamides is 2. The average Bonchev–Trinajstić information content (AvgIpc) is 2.54. The first kappa shape index (κ1) is 20.2. The molecular weight excluding hydrogens is 364 g/mol. The van der Waals surface area contributed by atoms with E-state index in [0.29, 0.717) is 50.4 Å². The number of anilines is 1. The molecule has 2 rings (SSSR count). The van der Waals surface area contributed by atoms with Crippen LogP contribution in [0.5, 0.6) is 0 Å². The van der Waals surface area contributed by atoms with Gasteiger partial charge in [0, 0.05) is 26.3 Å². The number of ether oxygens (including phenoxy) is 1. The highest BCUT2D eigenvalue weighted by molar-refractivity contribution is 7.92. The number of aryl methyl sites for hydroxylation is 1. The van der Waals surface area contributed by atoms with Gasteiger partial charge in [-0.25, -0.2) is 21.6 Å². The van der Waals surface area contributed by atoms with Crippen LogP contribution in [0.15, 0.2) is 23.1 Å². The predicted octanol–water partition coefficient (Wildman–Crippen LogP) is 1.63. The summed E-state index contributed by atoms with van der Waals surface area (Å²) in [6.45, 7) is 5.40. The monoisotopic (exact) mass is 390 g/mol. The van der Waals surface area contributed by atoms with Crippen LogP contribution in [-0.2, 0) is 24.8 Å². The SMILES string of the molecule is CCOCCCNS(=O)(=O)c1ccc(N2CCCCS2(=O)=O)cc1C. The van der Waals surface area contributed by atoms with Gasteiger partial charge in [-0.2, -0.15) is 0 Å².